The first-order chi connectivity index (χ1) is 12.8. The molecule has 0 radical (unpaired) electrons. The maximum absolute atomic E-state index is 13.2. The summed E-state index contributed by atoms with van der Waals surface area (Å²) in [5.74, 6) is -1.11. The van der Waals surface area contributed by atoms with Crippen LogP contribution in [0.25, 0.3) is 0 Å². The molecule has 7 nitrogen and oxygen atoms in total. The molecule has 144 valence electrons. The molecule has 3 atom stereocenters. The molecule has 0 spiro atoms. The Morgan fingerprint density at radius 2 is 1.85 bits per heavy atom. The Morgan fingerprint density at radius 3 is 2.48 bits per heavy atom. The third kappa shape index (κ3) is 3.07. The fraction of sp³-hybridized carbons (Fsp3) is 0.450. The molecule has 27 heavy (non-hydrogen) atoms. The Kier molecular flexibility index (Phi) is 5.17. The van der Waals surface area contributed by atoms with Crippen LogP contribution < -0.4 is 4.74 Å². The van der Waals surface area contributed by atoms with Gasteiger partial charge in [0.1, 0.15) is 11.9 Å². The number of carbonyl (C=O) groups is 3. The molecular weight excluding hydrogens is 352 g/mol. The van der Waals surface area contributed by atoms with Gasteiger partial charge in [-0.3, -0.25) is 14.4 Å². The van der Waals surface area contributed by atoms with Crippen LogP contribution in [0, 0.1) is 6.92 Å². The van der Waals surface area contributed by atoms with Crippen LogP contribution in [0.15, 0.2) is 23.3 Å². The lowest BCUT2D eigenvalue weighted by Gasteiger charge is -2.37. The number of aryl methyl sites for hydroxylation is 1. The standard InChI is InChI=1S/C20H22O7/c1-5-26-13(21)8-12-18(22)17-15(10(3)27-12)19(23)14-9(2)6-7-11(25-4)16(14)20(17)24/h6-7,10,12,18,22H,5,8H2,1-4H3/t10-,12+,18+/m0/s1. The van der Waals surface area contributed by atoms with Gasteiger partial charge in [0.15, 0.2) is 11.6 Å². The molecule has 0 amide bonds. The van der Waals surface area contributed by atoms with Crippen molar-refractivity contribution < 1.29 is 33.7 Å². The number of rotatable bonds is 4. The van der Waals surface area contributed by atoms with Crippen molar-refractivity contribution in [3.05, 3.63) is 40.0 Å². The topological polar surface area (TPSA) is 99.1 Å². The van der Waals surface area contributed by atoms with E-state index in [0.29, 0.717) is 5.56 Å². The molecule has 1 N–H and O–H groups in total. The van der Waals surface area contributed by atoms with Gasteiger partial charge in [0.25, 0.3) is 0 Å². The predicted molar refractivity (Wildman–Crippen MR) is 95.0 cm³/mol. The monoisotopic (exact) mass is 374 g/mol. The third-order valence-electron chi connectivity index (χ3n) is 4.94. The quantitative estimate of drug-likeness (QED) is 0.802. The first-order valence-corrected chi connectivity index (χ1v) is 8.81. The molecule has 0 saturated heterocycles. The van der Waals surface area contributed by atoms with Crippen molar-refractivity contribution >= 4 is 17.5 Å². The summed E-state index contributed by atoms with van der Waals surface area (Å²) in [7, 11) is 1.42. The molecule has 0 saturated carbocycles. The molecule has 7 heteroatoms. The van der Waals surface area contributed by atoms with Crippen LogP contribution in [0.1, 0.15) is 46.5 Å². The number of aliphatic hydroxyl groups is 1. The van der Waals surface area contributed by atoms with Gasteiger partial charge < -0.3 is 19.3 Å². The second kappa shape index (κ2) is 7.25. The van der Waals surface area contributed by atoms with Gasteiger partial charge in [-0.25, -0.2) is 0 Å². The Balaban J connectivity index is 2.08. The minimum atomic E-state index is -1.41. The van der Waals surface area contributed by atoms with Gasteiger partial charge >= 0.3 is 5.97 Å². The molecular formula is C20H22O7. The zero-order chi connectivity index (χ0) is 19.9. The predicted octanol–water partition coefficient (Wildman–Crippen LogP) is 1.78. The van der Waals surface area contributed by atoms with Crippen LogP contribution in [0.3, 0.4) is 0 Å². The molecule has 0 fully saturated rings. The maximum Gasteiger partial charge on any atom is 0.308 e. The average molecular weight is 374 g/mol. The van der Waals surface area contributed by atoms with Crippen molar-refractivity contribution in [3.63, 3.8) is 0 Å². The highest BCUT2D eigenvalue weighted by Gasteiger charge is 2.46. The smallest absolute Gasteiger partial charge is 0.308 e. The Labute approximate surface area is 156 Å². The molecule has 0 bridgehead atoms. The number of methoxy groups -OCH3 is 1. The molecule has 1 aliphatic heterocycles. The van der Waals surface area contributed by atoms with Gasteiger partial charge in [-0.2, -0.15) is 0 Å². The molecule has 3 rings (SSSR count). The van der Waals surface area contributed by atoms with Crippen molar-refractivity contribution in [2.24, 2.45) is 0 Å². The van der Waals surface area contributed by atoms with Crippen molar-refractivity contribution in [1.82, 2.24) is 0 Å². The SMILES string of the molecule is CCOC(=O)C[C@H]1O[C@@H](C)C2=C(C(=O)c3c(OC)ccc(C)c3C2=O)[C@@H]1O. The van der Waals surface area contributed by atoms with Gasteiger partial charge in [0, 0.05) is 16.7 Å². The fourth-order valence-corrected chi connectivity index (χ4v) is 3.72. The summed E-state index contributed by atoms with van der Waals surface area (Å²) in [6.07, 6.45) is -3.32. The molecule has 1 aromatic rings. The van der Waals surface area contributed by atoms with Crippen molar-refractivity contribution in [3.8, 4) is 5.75 Å². The highest BCUT2D eigenvalue weighted by molar-refractivity contribution is 6.29. The van der Waals surface area contributed by atoms with E-state index >= 15 is 0 Å². The second-order valence-electron chi connectivity index (χ2n) is 6.59. The normalized spacial score (nSPS) is 24.4. The van der Waals surface area contributed by atoms with Gasteiger partial charge in [-0.15, -0.1) is 0 Å². The number of ketones is 2. The number of benzene rings is 1. The molecule has 0 aromatic heterocycles. The number of hydrogen-bond donors (Lipinski definition) is 1. The lowest BCUT2D eigenvalue weighted by molar-refractivity contribution is -0.150. The van der Waals surface area contributed by atoms with E-state index in [4.69, 9.17) is 14.2 Å². The highest BCUT2D eigenvalue weighted by atomic mass is 16.5. The third-order valence-corrected chi connectivity index (χ3v) is 4.94. The van der Waals surface area contributed by atoms with Crippen molar-refractivity contribution in [2.45, 2.75) is 45.5 Å². The fourth-order valence-electron chi connectivity index (χ4n) is 3.72. The van der Waals surface area contributed by atoms with Crippen LogP contribution in [0.5, 0.6) is 5.75 Å². The van der Waals surface area contributed by atoms with E-state index in [-0.39, 0.29) is 46.8 Å². The molecule has 0 unspecified atom stereocenters. The van der Waals surface area contributed by atoms with E-state index < -0.39 is 30.1 Å². The van der Waals surface area contributed by atoms with Gasteiger partial charge in [0.05, 0.1) is 37.9 Å². The second-order valence-corrected chi connectivity index (χ2v) is 6.59. The Hall–Kier alpha value is -2.51. The van der Waals surface area contributed by atoms with Crippen LogP contribution in [-0.4, -0.2) is 54.7 Å². The average Bonchev–Trinajstić information content (AvgIpc) is 2.62. The van der Waals surface area contributed by atoms with Crippen LogP contribution >= 0.6 is 0 Å². The molecule has 1 aromatic carbocycles. The number of ether oxygens (including phenoxy) is 3. The van der Waals surface area contributed by atoms with E-state index in [1.165, 1.54) is 7.11 Å². The Morgan fingerprint density at radius 1 is 1.19 bits per heavy atom. The van der Waals surface area contributed by atoms with Crippen molar-refractivity contribution in [1.29, 1.82) is 0 Å². The van der Waals surface area contributed by atoms with E-state index in [1.54, 1.807) is 32.9 Å². The van der Waals surface area contributed by atoms with Crippen LogP contribution in [-0.2, 0) is 14.3 Å². The lowest BCUT2D eigenvalue weighted by atomic mass is 9.75. The van der Waals surface area contributed by atoms with Crippen LogP contribution in [0.2, 0.25) is 0 Å². The largest absolute Gasteiger partial charge is 0.496 e. The summed E-state index contributed by atoms with van der Waals surface area (Å²) in [5, 5.41) is 10.7. The molecule has 2 aliphatic rings. The highest BCUT2D eigenvalue weighted by Crippen LogP contribution is 2.40. The van der Waals surface area contributed by atoms with E-state index in [0.717, 1.165) is 0 Å². The summed E-state index contributed by atoms with van der Waals surface area (Å²) < 4.78 is 15.9. The summed E-state index contributed by atoms with van der Waals surface area (Å²) in [6, 6.07) is 3.33. The zero-order valence-corrected chi connectivity index (χ0v) is 15.7. The van der Waals surface area contributed by atoms with Gasteiger partial charge in [0.2, 0.25) is 0 Å². The number of carbonyl (C=O) groups excluding carboxylic acids is 3. The lowest BCUT2D eigenvalue weighted by Crippen LogP contribution is -2.47. The van der Waals surface area contributed by atoms with E-state index in [9.17, 15) is 19.5 Å². The minimum Gasteiger partial charge on any atom is -0.496 e. The molecule has 1 heterocycles. The number of aliphatic hydroxyl groups excluding tert-OH is 1. The first-order valence-electron chi connectivity index (χ1n) is 8.81. The van der Waals surface area contributed by atoms with Crippen molar-refractivity contribution in [2.75, 3.05) is 13.7 Å². The van der Waals surface area contributed by atoms with E-state index in [2.05, 4.69) is 0 Å². The summed E-state index contributed by atoms with van der Waals surface area (Å²) >= 11 is 0. The van der Waals surface area contributed by atoms with Gasteiger partial charge in [-0.05, 0) is 32.4 Å². The summed E-state index contributed by atoms with van der Waals surface area (Å²) in [4.78, 5) is 38.2. The number of hydrogen-bond acceptors (Lipinski definition) is 7. The molecule has 1 aliphatic carbocycles. The number of Topliss-reactive ketones (excluding diaryl/α,β-unsaturated/α-hetero) is 2. The van der Waals surface area contributed by atoms with E-state index in [1.807, 2.05) is 0 Å². The maximum atomic E-state index is 13.2. The number of fused-ring (bicyclic) bond motifs is 1. The number of esters is 1. The van der Waals surface area contributed by atoms with Gasteiger partial charge in [-0.1, -0.05) is 6.07 Å². The summed E-state index contributed by atoms with van der Waals surface area (Å²) in [5.41, 5.74) is 1.17. The summed E-state index contributed by atoms with van der Waals surface area (Å²) in [6.45, 7) is 5.25. The minimum absolute atomic E-state index is 0.0237. The Bertz CT molecular complexity index is 852. The van der Waals surface area contributed by atoms with Crippen LogP contribution in [0.4, 0.5) is 0 Å². The zero-order valence-electron chi connectivity index (χ0n) is 15.7. The first kappa shape index (κ1) is 19.3.